The maximum atomic E-state index is 12.5. The molecule has 0 heterocycles. The third-order valence-corrected chi connectivity index (χ3v) is 6.19. The van der Waals surface area contributed by atoms with E-state index in [2.05, 4.69) is 59.1 Å². The van der Waals surface area contributed by atoms with Crippen molar-refractivity contribution in [3.05, 3.63) is 0 Å². The van der Waals surface area contributed by atoms with Crippen LogP contribution in [-0.4, -0.2) is 22.9 Å². The summed E-state index contributed by atoms with van der Waals surface area (Å²) in [6.07, 6.45) is 9.77. The van der Waals surface area contributed by atoms with Gasteiger partial charge in [-0.25, -0.2) is 0 Å². The molecule has 0 aromatic carbocycles. The zero-order valence-electron chi connectivity index (χ0n) is 21.9. The summed E-state index contributed by atoms with van der Waals surface area (Å²) in [5.41, 5.74) is -0.0276. The fraction of sp³-hybridized carbons (Fsp3) is 0.923. The van der Waals surface area contributed by atoms with Crippen molar-refractivity contribution in [2.24, 2.45) is 10.8 Å². The molecule has 4 nitrogen and oxygen atoms in total. The SMILES string of the molecule is CC(C)(C)CCCCCC(=O)NC(C)(C)C(C)(C)CCCCCC(=O)NC(C)(C)C. The van der Waals surface area contributed by atoms with E-state index in [-0.39, 0.29) is 28.3 Å². The van der Waals surface area contributed by atoms with E-state index < -0.39 is 0 Å². The Labute approximate surface area is 187 Å². The molecular formula is C26H52N2O2. The molecular weight excluding hydrogens is 372 g/mol. The Morgan fingerprint density at radius 3 is 1.43 bits per heavy atom. The summed E-state index contributed by atoms with van der Waals surface area (Å²) in [5.74, 6) is 0.305. The minimum atomic E-state index is -0.251. The highest BCUT2D eigenvalue weighted by atomic mass is 16.2. The second-order valence-electron chi connectivity index (χ2n) is 12.5. The molecule has 0 aromatic heterocycles. The lowest BCUT2D eigenvalue weighted by molar-refractivity contribution is -0.124. The van der Waals surface area contributed by atoms with E-state index in [9.17, 15) is 9.59 Å². The Bertz CT molecular complexity index is 522. The lowest BCUT2D eigenvalue weighted by atomic mass is 9.71. The maximum Gasteiger partial charge on any atom is 0.220 e. The van der Waals surface area contributed by atoms with Gasteiger partial charge in [-0.2, -0.15) is 0 Å². The van der Waals surface area contributed by atoms with Gasteiger partial charge >= 0.3 is 0 Å². The van der Waals surface area contributed by atoms with E-state index in [1.54, 1.807) is 0 Å². The van der Waals surface area contributed by atoms with E-state index in [4.69, 9.17) is 0 Å². The first-order valence-electron chi connectivity index (χ1n) is 12.1. The molecule has 0 aliphatic heterocycles. The summed E-state index contributed by atoms with van der Waals surface area (Å²) in [4.78, 5) is 24.4. The topological polar surface area (TPSA) is 58.2 Å². The van der Waals surface area contributed by atoms with Gasteiger partial charge in [-0.15, -0.1) is 0 Å². The number of nitrogens with one attached hydrogen (secondary N) is 2. The lowest BCUT2D eigenvalue weighted by Crippen LogP contribution is -2.53. The molecule has 178 valence electrons. The van der Waals surface area contributed by atoms with E-state index in [0.717, 1.165) is 38.5 Å². The van der Waals surface area contributed by atoms with Crippen molar-refractivity contribution in [3.8, 4) is 0 Å². The van der Waals surface area contributed by atoms with Gasteiger partial charge in [0.1, 0.15) is 0 Å². The largest absolute Gasteiger partial charge is 0.352 e. The third kappa shape index (κ3) is 14.0. The van der Waals surface area contributed by atoms with Crippen molar-refractivity contribution in [1.82, 2.24) is 10.6 Å². The molecule has 0 bridgehead atoms. The smallest absolute Gasteiger partial charge is 0.220 e. The Hall–Kier alpha value is -1.06. The minimum absolute atomic E-state index is 0.00254. The van der Waals surface area contributed by atoms with Crippen LogP contribution >= 0.6 is 0 Å². The lowest BCUT2D eigenvalue weighted by Gasteiger charge is -2.42. The number of rotatable bonds is 13. The van der Waals surface area contributed by atoms with Gasteiger partial charge < -0.3 is 10.6 Å². The number of hydrogen-bond acceptors (Lipinski definition) is 2. The van der Waals surface area contributed by atoms with Gasteiger partial charge in [-0.05, 0) is 71.1 Å². The summed E-state index contributed by atoms with van der Waals surface area (Å²) in [6.45, 7) is 21.6. The standard InChI is InChI=1S/C26H52N2O2/c1-23(2,3)19-15-11-13-18-22(30)28-26(9,10)25(7,8)20-16-12-14-17-21(29)27-24(4,5)6/h11-20H2,1-10H3,(H,27,29)(H,28,30). The molecule has 0 unspecified atom stereocenters. The van der Waals surface area contributed by atoms with Gasteiger partial charge in [0.2, 0.25) is 11.8 Å². The minimum Gasteiger partial charge on any atom is -0.352 e. The van der Waals surface area contributed by atoms with Crippen LogP contribution in [0.15, 0.2) is 0 Å². The molecule has 0 saturated carbocycles. The number of carbonyl (C=O) groups excluding carboxylic acids is 2. The quantitative estimate of drug-likeness (QED) is 0.320. The average molecular weight is 425 g/mol. The predicted octanol–water partition coefficient (Wildman–Crippen LogP) is 6.77. The Kier molecular flexibility index (Phi) is 11.7. The van der Waals surface area contributed by atoms with Crippen LogP contribution in [-0.2, 0) is 9.59 Å². The van der Waals surface area contributed by atoms with E-state index in [1.807, 2.05) is 20.8 Å². The van der Waals surface area contributed by atoms with Gasteiger partial charge in [-0.3, -0.25) is 9.59 Å². The van der Waals surface area contributed by atoms with Crippen LogP contribution in [0.4, 0.5) is 0 Å². The highest BCUT2D eigenvalue weighted by Crippen LogP contribution is 2.36. The third-order valence-electron chi connectivity index (χ3n) is 6.19. The zero-order chi connectivity index (χ0) is 23.6. The summed E-state index contributed by atoms with van der Waals surface area (Å²) in [5, 5.41) is 6.30. The molecule has 0 aliphatic rings. The summed E-state index contributed by atoms with van der Waals surface area (Å²) >= 11 is 0. The summed E-state index contributed by atoms with van der Waals surface area (Å²) in [7, 11) is 0. The number of carbonyl (C=O) groups is 2. The molecule has 0 fully saturated rings. The fourth-order valence-corrected chi connectivity index (χ4v) is 3.52. The van der Waals surface area contributed by atoms with Crippen molar-refractivity contribution in [3.63, 3.8) is 0 Å². The van der Waals surface area contributed by atoms with Crippen molar-refractivity contribution in [2.75, 3.05) is 0 Å². The normalized spacial score (nSPS) is 13.3. The number of amides is 2. The van der Waals surface area contributed by atoms with E-state index in [0.29, 0.717) is 18.3 Å². The average Bonchev–Trinajstić information content (AvgIpc) is 2.50. The van der Waals surface area contributed by atoms with Gasteiger partial charge in [0.05, 0.1) is 0 Å². The van der Waals surface area contributed by atoms with Crippen LogP contribution in [0.3, 0.4) is 0 Å². The molecule has 0 atom stereocenters. The maximum absolute atomic E-state index is 12.5. The van der Waals surface area contributed by atoms with Crippen LogP contribution in [0.5, 0.6) is 0 Å². The van der Waals surface area contributed by atoms with Crippen LogP contribution in [0.1, 0.15) is 133 Å². The Morgan fingerprint density at radius 2 is 1.00 bits per heavy atom. The molecule has 0 aliphatic carbocycles. The first-order valence-corrected chi connectivity index (χ1v) is 12.1. The van der Waals surface area contributed by atoms with Crippen molar-refractivity contribution >= 4 is 11.8 Å². The Morgan fingerprint density at radius 1 is 0.567 bits per heavy atom. The molecule has 0 rings (SSSR count). The zero-order valence-corrected chi connectivity index (χ0v) is 21.9. The number of unbranched alkanes of at least 4 members (excludes halogenated alkanes) is 4. The highest BCUT2D eigenvalue weighted by molar-refractivity contribution is 5.77. The molecule has 0 aromatic rings. The van der Waals surface area contributed by atoms with E-state index >= 15 is 0 Å². The number of hydrogen-bond donors (Lipinski definition) is 2. The van der Waals surface area contributed by atoms with Crippen molar-refractivity contribution in [1.29, 1.82) is 0 Å². The second kappa shape index (κ2) is 12.1. The first-order chi connectivity index (χ1) is 13.5. The van der Waals surface area contributed by atoms with Gasteiger partial charge in [-0.1, -0.05) is 60.3 Å². The predicted molar refractivity (Wildman–Crippen MR) is 130 cm³/mol. The molecule has 0 spiro atoms. The van der Waals surface area contributed by atoms with Crippen molar-refractivity contribution < 1.29 is 9.59 Å². The van der Waals surface area contributed by atoms with Crippen LogP contribution in [0.2, 0.25) is 0 Å². The van der Waals surface area contributed by atoms with Gasteiger partial charge in [0.25, 0.3) is 0 Å². The molecule has 2 N–H and O–H groups in total. The van der Waals surface area contributed by atoms with E-state index in [1.165, 1.54) is 12.8 Å². The second-order valence-corrected chi connectivity index (χ2v) is 12.5. The van der Waals surface area contributed by atoms with Gasteiger partial charge in [0.15, 0.2) is 0 Å². The van der Waals surface area contributed by atoms with Crippen molar-refractivity contribution in [2.45, 2.75) is 145 Å². The molecule has 4 heteroatoms. The molecule has 0 radical (unpaired) electrons. The molecule has 0 saturated heterocycles. The monoisotopic (exact) mass is 424 g/mol. The van der Waals surface area contributed by atoms with Crippen LogP contribution in [0.25, 0.3) is 0 Å². The summed E-state index contributed by atoms with van der Waals surface area (Å²) < 4.78 is 0. The molecule has 2 amide bonds. The Balaban J connectivity index is 4.20. The summed E-state index contributed by atoms with van der Waals surface area (Å²) in [6, 6.07) is 0. The highest BCUT2D eigenvalue weighted by Gasteiger charge is 2.37. The van der Waals surface area contributed by atoms with Crippen LogP contribution in [0, 0.1) is 10.8 Å². The fourth-order valence-electron chi connectivity index (χ4n) is 3.52. The van der Waals surface area contributed by atoms with Crippen LogP contribution < -0.4 is 10.6 Å². The van der Waals surface area contributed by atoms with Gasteiger partial charge in [0, 0.05) is 23.9 Å². The molecule has 30 heavy (non-hydrogen) atoms. The first kappa shape index (κ1) is 28.9.